The highest BCUT2D eigenvalue weighted by molar-refractivity contribution is 5.47. The van der Waals surface area contributed by atoms with Gasteiger partial charge in [0.25, 0.3) is 0 Å². The fourth-order valence-electron chi connectivity index (χ4n) is 8.41. The Morgan fingerprint density at radius 2 is 1.56 bits per heavy atom. The Kier molecular flexibility index (Phi) is 6.03. The average molecular weight is 497 g/mol. The molecule has 36 heavy (non-hydrogen) atoms. The standard InChI is InChI=1S/C29H40N2O5/c32-20-31-11-9-30(10-12-31)13-14-33-27-3-1-23(2-4-27)24-5-7-28(8-6-24)34-29(36-35-28)25-16-21-15-22(18-25)19-26(29)17-21/h1-4,20-22,24-26H,5-19H2/t21?,22?,24-,25?,26?,28+,29-. The number of hydrogen-bond donors (Lipinski definition) is 0. The summed E-state index contributed by atoms with van der Waals surface area (Å²) in [5, 5.41) is 0. The molecule has 2 heterocycles. The Morgan fingerprint density at radius 3 is 2.19 bits per heavy atom. The molecule has 8 rings (SSSR count). The monoisotopic (exact) mass is 496 g/mol. The van der Waals surface area contributed by atoms with Gasteiger partial charge in [0.05, 0.1) is 0 Å². The molecule has 2 saturated heterocycles. The van der Waals surface area contributed by atoms with E-state index in [2.05, 4.69) is 29.2 Å². The normalized spacial score (nSPS) is 41.9. The van der Waals surface area contributed by atoms with Crippen molar-refractivity contribution in [1.82, 2.24) is 9.80 Å². The van der Waals surface area contributed by atoms with E-state index < -0.39 is 11.6 Å². The van der Waals surface area contributed by atoms with E-state index in [9.17, 15) is 4.79 Å². The van der Waals surface area contributed by atoms with Crippen LogP contribution < -0.4 is 4.74 Å². The summed E-state index contributed by atoms with van der Waals surface area (Å²) in [4.78, 5) is 27.3. The maximum atomic E-state index is 10.9. The second kappa shape index (κ2) is 9.26. The maximum Gasteiger partial charge on any atom is 0.210 e. The third-order valence-electron chi connectivity index (χ3n) is 10.3. The Hall–Kier alpha value is -1.67. The third kappa shape index (κ3) is 4.16. The van der Waals surface area contributed by atoms with Crippen LogP contribution in [0.5, 0.6) is 5.75 Å². The minimum absolute atomic E-state index is 0.457. The topological polar surface area (TPSA) is 60.5 Å². The molecule has 196 valence electrons. The van der Waals surface area contributed by atoms with Gasteiger partial charge in [0.2, 0.25) is 18.0 Å². The van der Waals surface area contributed by atoms with Gasteiger partial charge in [0, 0.05) is 57.4 Å². The minimum Gasteiger partial charge on any atom is -0.492 e. The number of carbonyl (C=O) groups is 1. The molecule has 0 N–H and O–H groups in total. The van der Waals surface area contributed by atoms with Crippen LogP contribution in [0.15, 0.2) is 24.3 Å². The molecule has 0 aromatic heterocycles. The second-order valence-electron chi connectivity index (χ2n) is 12.4. The molecule has 0 unspecified atom stereocenters. The van der Waals surface area contributed by atoms with E-state index in [4.69, 9.17) is 19.2 Å². The number of nitrogens with zero attached hydrogens (tertiary/aromatic N) is 2. The highest BCUT2D eigenvalue weighted by Crippen LogP contribution is 2.64. The van der Waals surface area contributed by atoms with Gasteiger partial charge in [-0.3, -0.25) is 9.69 Å². The Labute approximate surface area is 214 Å². The zero-order valence-corrected chi connectivity index (χ0v) is 21.3. The molecular weight excluding hydrogens is 456 g/mol. The zero-order chi connectivity index (χ0) is 24.2. The first kappa shape index (κ1) is 23.4. The van der Waals surface area contributed by atoms with Crippen molar-refractivity contribution in [2.24, 2.45) is 23.7 Å². The van der Waals surface area contributed by atoms with Crippen LogP contribution in [0.2, 0.25) is 0 Å². The van der Waals surface area contributed by atoms with Gasteiger partial charge in [-0.1, -0.05) is 12.1 Å². The molecule has 7 nitrogen and oxygen atoms in total. The number of rotatable bonds is 6. The number of benzene rings is 1. The Balaban J connectivity index is 0.899. The van der Waals surface area contributed by atoms with Crippen molar-refractivity contribution in [2.75, 3.05) is 39.3 Å². The van der Waals surface area contributed by atoms with Crippen LogP contribution in [0.1, 0.15) is 69.3 Å². The first-order chi connectivity index (χ1) is 17.6. The third-order valence-corrected chi connectivity index (χ3v) is 10.3. The van der Waals surface area contributed by atoms with E-state index in [0.29, 0.717) is 24.4 Å². The van der Waals surface area contributed by atoms with E-state index in [1.54, 1.807) is 0 Å². The van der Waals surface area contributed by atoms with Gasteiger partial charge in [-0.25, -0.2) is 0 Å². The predicted octanol–water partition coefficient (Wildman–Crippen LogP) is 4.32. The Bertz CT molecular complexity index is 907. The molecule has 1 aromatic rings. The largest absolute Gasteiger partial charge is 0.492 e. The molecule has 5 saturated carbocycles. The van der Waals surface area contributed by atoms with E-state index >= 15 is 0 Å². The fourth-order valence-corrected chi connectivity index (χ4v) is 8.41. The molecule has 7 fully saturated rings. The second-order valence-corrected chi connectivity index (χ2v) is 12.4. The molecule has 5 aliphatic carbocycles. The van der Waals surface area contributed by atoms with Crippen molar-refractivity contribution in [1.29, 1.82) is 0 Å². The van der Waals surface area contributed by atoms with Gasteiger partial charge in [-0.15, -0.1) is 0 Å². The fraction of sp³-hybridized carbons (Fsp3) is 0.759. The van der Waals surface area contributed by atoms with Gasteiger partial charge < -0.3 is 14.4 Å². The molecule has 4 bridgehead atoms. The van der Waals surface area contributed by atoms with Crippen LogP contribution in [0.25, 0.3) is 0 Å². The van der Waals surface area contributed by atoms with Crippen molar-refractivity contribution in [2.45, 2.75) is 75.3 Å². The summed E-state index contributed by atoms with van der Waals surface area (Å²) >= 11 is 0. The van der Waals surface area contributed by atoms with Crippen LogP contribution in [0, 0.1) is 23.7 Å². The van der Waals surface area contributed by atoms with Crippen molar-refractivity contribution in [3.8, 4) is 5.75 Å². The molecule has 2 aliphatic heterocycles. The van der Waals surface area contributed by atoms with E-state index in [0.717, 1.165) is 82.4 Å². The SMILES string of the molecule is O=CN1CCN(CCOc2ccc([C@H]3CC[C@]4(CC3)OO[C@]3(O4)C4CC5CC(C4)CC3C5)cc2)CC1. The first-order valence-corrected chi connectivity index (χ1v) is 14.3. The van der Waals surface area contributed by atoms with Crippen LogP contribution in [-0.2, 0) is 19.3 Å². The number of carbonyl (C=O) groups excluding carboxylic acids is 1. The summed E-state index contributed by atoms with van der Waals surface area (Å²) < 4.78 is 12.9. The molecule has 7 heteroatoms. The summed E-state index contributed by atoms with van der Waals surface area (Å²) in [6.07, 6.45) is 11.4. The van der Waals surface area contributed by atoms with Crippen LogP contribution in [-0.4, -0.2) is 67.1 Å². The minimum atomic E-state index is -0.536. The van der Waals surface area contributed by atoms with Crippen LogP contribution >= 0.6 is 0 Å². The van der Waals surface area contributed by atoms with Gasteiger partial charge in [-0.2, -0.15) is 9.78 Å². The Morgan fingerprint density at radius 1 is 0.889 bits per heavy atom. The molecule has 7 aliphatic rings. The lowest BCUT2D eigenvalue weighted by Crippen LogP contribution is -2.59. The van der Waals surface area contributed by atoms with Gasteiger partial charge >= 0.3 is 0 Å². The van der Waals surface area contributed by atoms with Gasteiger partial charge in [0.1, 0.15) is 12.4 Å². The number of piperazine rings is 1. The van der Waals surface area contributed by atoms with Crippen LogP contribution in [0.4, 0.5) is 0 Å². The lowest BCUT2D eigenvalue weighted by atomic mass is 9.53. The molecule has 0 atom stereocenters. The van der Waals surface area contributed by atoms with Crippen molar-refractivity contribution in [3.63, 3.8) is 0 Å². The number of amides is 1. The molecular formula is C29H40N2O5. The quantitative estimate of drug-likeness (QED) is 0.432. The summed E-state index contributed by atoms with van der Waals surface area (Å²) in [7, 11) is 0. The highest BCUT2D eigenvalue weighted by Gasteiger charge is 2.66. The van der Waals surface area contributed by atoms with Gasteiger partial charge in [0.15, 0.2) is 0 Å². The van der Waals surface area contributed by atoms with E-state index in [1.807, 2.05) is 4.90 Å². The van der Waals surface area contributed by atoms with Crippen molar-refractivity contribution < 1.29 is 24.0 Å². The van der Waals surface area contributed by atoms with E-state index in [-0.39, 0.29) is 0 Å². The van der Waals surface area contributed by atoms with Crippen molar-refractivity contribution >= 4 is 6.41 Å². The smallest absolute Gasteiger partial charge is 0.210 e. The lowest BCUT2D eigenvalue weighted by molar-refractivity contribution is -0.390. The first-order valence-electron chi connectivity index (χ1n) is 14.3. The number of hydrogen-bond acceptors (Lipinski definition) is 6. The van der Waals surface area contributed by atoms with Gasteiger partial charge in [-0.05, 0) is 80.4 Å². The van der Waals surface area contributed by atoms with E-state index in [1.165, 1.54) is 37.7 Å². The lowest BCUT2D eigenvalue weighted by Gasteiger charge is -2.57. The predicted molar refractivity (Wildman–Crippen MR) is 133 cm³/mol. The molecule has 1 amide bonds. The molecule has 2 spiro atoms. The van der Waals surface area contributed by atoms with Crippen molar-refractivity contribution in [3.05, 3.63) is 29.8 Å². The summed E-state index contributed by atoms with van der Waals surface area (Å²) in [5.41, 5.74) is 1.38. The highest BCUT2D eigenvalue weighted by atomic mass is 17.3. The molecule has 0 radical (unpaired) electrons. The maximum absolute atomic E-state index is 10.9. The summed E-state index contributed by atoms with van der Waals surface area (Å²) in [6, 6.07) is 8.68. The van der Waals surface area contributed by atoms with Crippen LogP contribution in [0.3, 0.4) is 0 Å². The summed E-state index contributed by atoms with van der Waals surface area (Å²) in [5.74, 6) is 3.30. The zero-order valence-electron chi connectivity index (χ0n) is 21.3. The average Bonchev–Trinajstić information content (AvgIpc) is 3.28. The number of ether oxygens (including phenoxy) is 2. The summed E-state index contributed by atoms with van der Waals surface area (Å²) in [6.45, 7) is 5.04. The molecule has 1 aromatic carbocycles.